The van der Waals surface area contributed by atoms with Crippen molar-refractivity contribution in [3.05, 3.63) is 0 Å². The van der Waals surface area contributed by atoms with E-state index < -0.39 is 24.0 Å². The van der Waals surface area contributed by atoms with Crippen LogP contribution in [0.4, 0.5) is 0 Å². The van der Waals surface area contributed by atoms with Gasteiger partial charge in [-0.3, -0.25) is 24.0 Å². The van der Waals surface area contributed by atoms with E-state index in [9.17, 15) is 29.1 Å². The molecule has 0 aromatic rings. The largest absolute Gasteiger partial charge is 0.481 e. The first kappa shape index (κ1) is 49.3. The fourth-order valence-corrected chi connectivity index (χ4v) is 5.76. The van der Waals surface area contributed by atoms with Gasteiger partial charge in [-0.1, -0.05) is 122 Å². The molecule has 0 rings (SSSR count). The average molecular weight is 743 g/mol. The average Bonchev–Trinajstić information content (AvgIpc) is 3.10. The Kier molecular flexibility index (Phi) is 36.1. The van der Waals surface area contributed by atoms with Crippen LogP contribution in [0.25, 0.3) is 0 Å². The molecule has 0 saturated carbocycles. The van der Waals surface area contributed by atoms with Gasteiger partial charge < -0.3 is 29.2 Å². The second kappa shape index (κ2) is 38.0. The Morgan fingerprint density at radius 1 is 0.385 bits per heavy atom. The molecule has 0 spiro atoms. The van der Waals surface area contributed by atoms with Gasteiger partial charge in [0.2, 0.25) is 0 Å². The van der Waals surface area contributed by atoms with Crippen LogP contribution in [0.1, 0.15) is 200 Å². The van der Waals surface area contributed by atoms with Crippen LogP contribution < -0.4 is 0 Å². The van der Waals surface area contributed by atoms with E-state index in [4.69, 9.17) is 24.1 Å². The van der Waals surface area contributed by atoms with Gasteiger partial charge in [0.05, 0.1) is 45.4 Å². The number of carboxylic acids is 1. The second-order valence-corrected chi connectivity index (χ2v) is 14.1. The lowest BCUT2D eigenvalue weighted by atomic mass is 10.1. The Bertz CT molecular complexity index is 892. The van der Waals surface area contributed by atoms with Crippen molar-refractivity contribution in [2.75, 3.05) is 26.4 Å². The maximum Gasteiger partial charge on any atom is 0.308 e. The first-order chi connectivity index (χ1) is 25.2. The Labute approximate surface area is 314 Å². The zero-order valence-corrected chi connectivity index (χ0v) is 32.7. The van der Waals surface area contributed by atoms with E-state index in [1.54, 1.807) is 0 Å². The van der Waals surface area contributed by atoms with Crippen molar-refractivity contribution in [1.82, 2.24) is 0 Å². The summed E-state index contributed by atoms with van der Waals surface area (Å²) in [5.41, 5.74) is 0. The zero-order chi connectivity index (χ0) is 38.3. The molecule has 0 bridgehead atoms. The fourth-order valence-electron chi connectivity index (χ4n) is 5.76. The predicted molar refractivity (Wildman–Crippen MR) is 202 cm³/mol. The lowest BCUT2D eigenvalue weighted by molar-refractivity contribution is -0.150. The molecule has 0 fully saturated rings. The first-order valence-corrected chi connectivity index (χ1v) is 20.8. The van der Waals surface area contributed by atoms with Gasteiger partial charge >= 0.3 is 29.8 Å². The van der Waals surface area contributed by atoms with Crippen LogP contribution >= 0.6 is 0 Å². The summed E-state index contributed by atoms with van der Waals surface area (Å²) in [6, 6.07) is 0. The number of rotatable bonds is 39. The second-order valence-electron chi connectivity index (χ2n) is 14.1. The first-order valence-electron chi connectivity index (χ1n) is 20.8. The van der Waals surface area contributed by atoms with Crippen molar-refractivity contribution in [1.29, 1.82) is 0 Å². The predicted octanol–water partition coefficient (Wildman–Crippen LogP) is 9.33. The number of carbonyl (C=O) groups excluding carboxylic acids is 4. The van der Waals surface area contributed by atoms with Crippen molar-refractivity contribution in [2.24, 2.45) is 0 Å². The van der Waals surface area contributed by atoms with Gasteiger partial charge in [-0.05, 0) is 44.9 Å². The van der Waals surface area contributed by atoms with Gasteiger partial charge in [0.15, 0.2) is 0 Å². The molecule has 0 radical (unpaired) electrons. The van der Waals surface area contributed by atoms with Crippen LogP contribution in [0.15, 0.2) is 0 Å². The maximum absolute atomic E-state index is 12.0. The van der Waals surface area contributed by atoms with Crippen molar-refractivity contribution in [3.8, 4) is 0 Å². The molecule has 52 heavy (non-hydrogen) atoms. The van der Waals surface area contributed by atoms with Crippen LogP contribution in [0, 0.1) is 0 Å². The van der Waals surface area contributed by atoms with Crippen LogP contribution in [-0.4, -0.2) is 72.6 Å². The molecule has 2 N–H and O–H groups in total. The van der Waals surface area contributed by atoms with Crippen molar-refractivity contribution in [3.63, 3.8) is 0 Å². The van der Waals surface area contributed by atoms with E-state index in [0.717, 1.165) is 103 Å². The summed E-state index contributed by atoms with van der Waals surface area (Å²) in [7, 11) is 0. The number of carboxylic acid groups (broad SMARTS) is 1. The number of aliphatic hydroxyl groups is 1. The normalized spacial score (nSPS) is 11.6. The van der Waals surface area contributed by atoms with Crippen LogP contribution in [0.3, 0.4) is 0 Å². The third kappa shape index (κ3) is 38.5. The summed E-state index contributed by atoms with van der Waals surface area (Å²) in [6.45, 7) is 3.68. The Balaban J connectivity index is 3.48. The molecule has 11 heteroatoms. The summed E-state index contributed by atoms with van der Waals surface area (Å²) >= 11 is 0. The molecular weight excluding hydrogens is 668 g/mol. The quantitative estimate of drug-likeness (QED) is 0.0350. The minimum Gasteiger partial charge on any atom is -0.481 e. The van der Waals surface area contributed by atoms with E-state index in [1.165, 1.54) is 44.9 Å². The lowest BCUT2D eigenvalue weighted by Crippen LogP contribution is -2.21. The SMILES string of the molecule is CCCCCCCCCCCCOC(=O)CC(O)CC(=O)OCCCCCCCC(=O)OCCCCCCCC(=O)OCCCCCCCC(=O)O. The van der Waals surface area contributed by atoms with Crippen LogP contribution in [0.5, 0.6) is 0 Å². The van der Waals surface area contributed by atoms with Crippen LogP contribution in [-0.2, 0) is 42.9 Å². The number of hydrogen-bond acceptors (Lipinski definition) is 10. The highest BCUT2D eigenvalue weighted by atomic mass is 16.5. The van der Waals surface area contributed by atoms with Crippen molar-refractivity contribution in [2.45, 2.75) is 206 Å². The number of aliphatic carboxylic acids is 1. The van der Waals surface area contributed by atoms with Crippen molar-refractivity contribution >= 4 is 29.8 Å². The zero-order valence-electron chi connectivity index (χ0n) is 32.7. The van der Waals surface area contributed by atoms with Gasteiger partial charge in [-0.25, -0.2) is 0 Å². The Morgan fingerprint density at radius 2 is 0.654 bits per heavy atom. The molecule has 0 aromatic heterocycles. The van der Waals surface area contributed by atoms with Gasteiger partial charge in [0.25, 0.3) is 0 Å². The molecule has 304 valence electrons. The van der Waals surface area contributed by atoms with E-state index in [0.29, 0.717) is 45.5 Å². The standard InChI is InChI=1S/C41H74O11/c1-2-3-4-5-6-7-8-9-16-25-32-51-40(47)34-36(42)35-41(48)52-33-26-19-12-15-22-29-39(46)50-31-24-18-11-14-21-28-38(45)49-30-23-17-10-13-20-27-37(43)44/h36,42H,2-35H2,1H3,(H,43,44). The third-order valence-electron chi connectivity index (χ3n) is 8.94. The monoisotopic (exact) mass is 743 g/mol. The highest BCUT2D eigenvalue weighted by Gasteiger charge is 2.17. The molecule has 0 aliphatic carbocycles. The van der Waals surface area contributed by atoms with E-state index >= 15 is 0 Å². The minimum absolute atomic E-state index is 0.166. The van der Waals surface area contributed by atoms with E-state index in [-0.39, 0.29) is 37.8 Å². The van der Waals surface area contributed by atoms with Gasteiger partial charge in [-0.2, -0.15) is 0 Å². The van der Waals surface area contributed by atoms with E-state index in [1.807, 2.05) is 0 Å². The Hall–Kier alpha value is -2.69. The lowest BCUT2D eigenvalue weighted by Gasteiger charge is -2.10. The topological polar surface area (TPSA) is 163 Å². The number of aliphatic hydroxyl groups excluding tert-OH is 1. The minimum atomic E-state index is -1.10. The molecule has 0 saturated heterocycles. The molecule has 0 amide bonds. The summed E-state index contributed by atoms with van der Waals surface area (Å²) in [4.78, 5) is 58.1. The fraction of sp³-hybridized carbons (Fsp3) is 0.878. The highest BCUT2D eigenvalue weighted by molar-refractivity contribution is 5.73. The number of unbranched alkanes of at least 4 members (excludes halogenated alkanes) is 21. The molecule has 0 aliphatic heterocycles. The number of ether oxygens (including phenoxy) is 4. The molecule has 0 aliphatic rings. The molecule has 11 nitrogen and oxygen atoms in total. The van der Waals surface area contributed by atoms with Gasteiger partial charge in [-0.15, -0.1) is 0 Å². The van der Waals surface area contributed by atoms with E-state index in [2.05, 4.69) is 6.92 Å². The maximum atomic E-state index is 12.0. The number of carbonyl (C=O) groups is 5. The summed E-state index contributed by atoms with van der Waals surface area (Å²) < 4.78 is 20.9. The molecule has 0 aromatic carbocycles. The van der Waals surface area contributed by atoms with Gasteiger partial charge in [0.1, 0.15) is 0 Å². The summed E-state index contributed by atoms with van der Waals surface area (Å²) in [6.07, 6.45) is 24.4. The molecular formula is C41H74O11. The third-order valence-corrected chi connectivity index (χ3v) is 8.94. The summed E-state index contributed by atoms with van der Waals surface area (Å²) in [5, 5.41) is 18.6. The van der Waals surface area contributed by atoms with Crippen LogP contribution in [0.2, 0.25) is 0 Å². The molecule has 1 unspecified atom stereocenters. The highest BCUT2D eigenvalue weighted by Crippen LogP contribution is 2.12. The number of hydrogen-bond donors (Lipinski definition) is 2. The molecule has 1 atom stereocenters. The number of esters is 4. The Morgan fingerprint density at radius 3 is 0.981 bits per heavy atom. The van der Waals surface area contributed by atoms with Crippen molar-refractivity contribution < 1.29 is 53.1 Å². The summed E-state index contributed by atoms with van der Waals surface area (Å²) in [5.74, 6) is -2.12. The van der Waals surface area contributed by atoms with Gasteiger partial charge in [0, 0.05) is 19.3 Å². The smallest absolute Gasteiger partial charge is 0.308 e. The molecule has 0 heterocycles.